The molecule has 1 aromatic carbocycles. The molecule has 0 radical (unpaired) electrons. The maximum absolute atomic E-state index is 5.56. The van der Waals surface area contributed by atoms with Crippen molar-refractivity contribution >= 4 is 0 Å². The zero-order valence-electron chi connectivity index (χ0n) is 11.1. The summed E-state index contributed by atoms with van der Waals surface area (Å²) in [5.41, 5.74) is 0. The molecule has 0 unspecified atom stereocenters. The van der Waals surface area contributed by atoms with Crippen molar-refractivity contribution < 1.29 is 13.9 Å². The summed E-state index contributed by atoms with van der Waals surface area (Å²) in [4.78, 5) is 0. The van der Waals surface area contributed by atoms with Crippen LogP contribution in [0, 0.1) is 0 Å². The van der Waals surface area contributed by atoms with Gasteiger partial charge in [-0.2, -0.15) is 0 Å². The first-order chi connectivity index (χ1) is 9.38. The second kappa shape index (κ2) is 7.61. The van der Waals surface area contributed by atoms with E-state index in [0.717, 1.165) is 23.8 Å². The van der Waals surface area contributed by atoms with E-state index in [-0.39, 0.29) is 0 Å². The molecular weight excluding hydrogens is 242 g/mol. The summed E-state index contributed by atoms with van der Waals surface area (Å²) in [5.74, 6) is 2.62. The van der Waals surface area contributed by atoms with Crippen LogP contribution in [0.1, 0.15) is 11.5 Å². The summed E-state index contributed by atoms with van der Waals surface area (Å²) in [5, 5.41) is 3.04. The van der Waals surface area contributed by atoms with E-state index in [2.05, 4.69) is 5.32 Å². The minimum atomic E-state index is 0.474. The molecule has 2 rings (SSSR count). The van der Waals surface area contributed by atoms with Crippen LogP contribution in [0.25, 0.3) is 0 Å². The SMILES string of the molecule is CNCc1ccc(COCCOc2ccccc2)o1. The topological polar surface area (TPSA) is 43.6 Å². The van der Waals surface area contributed by atoms with Crippen molar-refractivity contribution in [3.8, 4) is 5.75 Å². The van der Waals surface area contributed by atoms with Crippen molar-refractivity contribution in [1.29, 1.82) is 0 Å². The smallest absolute Gasteiger partial charge is 0.129 e. The van der Waals surface area contributed by atoms with E-state index in [0.29, 0.717) is 19.8 Å². The zero-order valence-corrected chi connectivity index (χ0v) is 11.1. The van der Waals surface area contributed by atoms with Gasteiger partial charge in [0.2, 0.25) is 0 Å². The Hall–Kier alpha value is -1.78. The third kappa shape index (κ3) is 4.77. The van der Waals surface area contributed by atoms with Crippen molar-refractivity contribution in [3.63, 3.8) is 0 Å². The molecule has 0 atom stereocenters. The lowest BCUT2D eigenvalue weighted by molar-refractivity contribution is 0.0774. The van der Waals surface area contributed by atoms with Gasteiger partial charge in [0, 0.05) is 0 Å². The van der Waals surface area contributed by atoms with Crippen molar-refractivity contribution in [1.82, 2.24) is 5.32 Å². The molecule has 1 aromatic heterocycles. The van der Waals surface area contributed by atoms with E-state index in [1.165, 1.54) is 0 Å². The summed E-state index contributed by atoms with van der Waals surface area (Å²) in [7, 11) is 1.89. The normalized spacial score (nSPS) is 10.6. The Bertz CT molecular complexity index is 467. The van der Waals surface area contributed by atoms with Gasteiger partial charge < -0.3 is 19.2 Å². The fraction of sp³-hybridized carbons (Fsp3) is 0.333. The molecule has 0 spiro atoms. The highest BCUT2D eigenvalue weighted by Gasteiger charge is 2.01. The molecule has 19 heavy (non-hydrogen) atoms. The van der Waals surface area contributed by atoms with E-state index >= 15 is 0 Å². The summed E-state index contributed by atoms with van der Waals surface area (Å²) in [6.07, 6.45) is 0. The second-order valence-electron chi connectivity index (χ2n) is 4.11. The van der Waals surface area contributed by atoms with Crippen LogP contribution in [0.15, 0.2) is 46.9 Å². The van der Waals surface area contributed by atoms with Gasteiger partial charge in [-0.25, -0.2) is 0 Å². The third-order valence-corrected chi connectivity index (χ3v) is 2.55. The maximum atomic E-state index is 5.56. The Morgan fingerprint density at radius 1 is 1.00 bits per heavy atom. The lowest BCUT2D eigenvalue weighted by atomic mass is 10.3. The number of furan rings is 1. The van der Waals surface area contributed by atoms with Crippen molar-refractivity contribution in [2.24, 2.45) is 0 Å². The van der Waals surface area contributed by atoms with Crippen molar-refractivity contribution in [2.45, 2.75) is 13.2 Å². The molecule has 0 amide bonds. The molecule has 0 aliphatic rings. The predicted molar refractivity (Wildman–Crippen MR) is 73.1 cm³/mol. The van der Waals surface area contributed by atoms with Crippen LogP contribution in [0.3, 0.4) is 0 Å². The number of nitrogens with one attached hydrogen (secondary N) is 1. The van der Waals surface area contributed by atoms with Crippen LogP contribution in [0.5, 0.6) is 5.75 Å². The molecule has 0 fully saturated rings. The van der Waals surface area contributed by atoms with Gasteiger partial charge in [-0.15, -0.1) is 0 Å². The molecule has 4 nitrogen and oxygen atoms in total. The number of para-hydroxylation sites is 1. The number of ether oxygens (including phenoxy) is 2. The van der Waals surface area contributed by atoms with Gasteiger partial charge in [-0.1, -0.05) is 18.2 Å². The van der Waals surface area contributed by atoms with Crippen LogP contribution >= 0.6 is 0 Å². The first kappa shape index (κ1) is 13.6. The Balaban J connectivity index is 1.61. The van der Waals surface area contributed by atoms with Crippen LogP contribution in [-0.4, -0.2) is 20.3 Å². The Labute approximate surface area is 113 Å². The highest BCUT2D eigenvalue weighted by atomic mass is 16.5. The maximum Gasteiger partial charge on any atom is 0.129 e. The van der Waals surface area contributed by atoms with E-state index in [1.807, 2.05) is 49.5 Å². The molecule has 0 bridgehead atoms. The minimum Gasteiger partial charge on any atom is -0.491 e. The summed E-state index contributed by atoms with van der Waals surface area (Å²) in [6.45, 7) is 2.28. The molecule has 2 aromatic rings. The Morgan fingerprint density at radius 3 is 2.58 bits per heavy atom. The van der Waals surface area contributed by atoms with Gasteiger partial charge in [0.15, 0.2) is 0 Å². The first-order valence-corrected chi connectivity index (χ1v) is 6.36. The Kier molecular flexibility index (Phi) is 5.47. The number of rotatable bonds is 8. The Morgan fingerprint density at radius 2 is 1.79 bits per heavy atom. The highest BCUT2D eigenvalue weighted by molar-refractivity contribution is 5.20. The minimum absolute atomic E-state index is 0.474. The molecule has 1 heterocycles. The average Bonchev–Trinajstić information content (AvgIpc) is 2.88. The van der Waals surface area contributed by atoms with Gasteiger partial charge in [0.1, 0.15) is 30.5 Å². The monoisotopic (exact) mass is 261 g/mol. The van der Waals surface area contributed by atoms with Crippen LogP contribution in [0.2, 0.25) is 0 Å². The second-order valence-corrected chi connectivity index (χ2v) is 4.11. The fourth-order valence-corrected chi connectivity index (χ4v) is 1.68. The molecule has 1 N–H and O–H groups in total. The standard InChI is InChI=1S/C15H19NO3/c1-16-11-14-7-8-15(19-14)12-17-9-10-18-13-5-3-2-4-6-13/h2-8,16H,9-12H2,1H3. The molecule has 0 aliphatic heterocycles. The number of hydrogen-bond donors (Lipinski definition) is 1. The van der Waals surface area contributed by atoms with Gasteiger partial charge in [0.05, 0.1) is 13.2 Å². The average molecular weight is 261 g/mol. The summed E-state index contributed by atoms with van der Waals surface area (Å²) < 4.78 is 16.6. The highest BCUT2D eigenvalue weighted by Crippen LogP contribution is 2.10. The van der Waals surface area contributed by atoms with E-state index in [9.17, 15) is 0 Å². The first-order valence-electron chi connectivity index (χ1n) is 6.36. The number of benzene rings is 1. The molecule has 0 aliphatic carbocycles. The van der Waals surface area contributed by atoms with Gasteiger partial charge >= 0.3 is 0 Å². The third-order valence-electron chi connectivity index (χ3n) is 2.55. The predicted octanol–water partition coefficient (Wildman–Crippen LogP) is 2.59. The van der Waals surface area contributed by atoms with Crippen LogP contribution in [-0.2, 0) is 17.9 Å². The zero-order chi connectivity index (χ0) is 13.3. The van der Waals surface area contributed by atoms with Crippen LogP contribution < -0.4 is 10.1 Å². The van der Waals surface area contributed by atoms with Gasteiger partial charge in [-0.05, 0) is 31.3 Å². The molecule has 0 saturated heterocycles. The largest absolute Gasteiger partial charge is 0.491 e. The van der Waals surface area contributed by atoms with Crippen molar-refractivity contribution in [3.05, 3.63) is 54.0 Å². The quantitative estimate of drug-likeness (QED) is 0.742. The van der Waals surface area contributed by atoms with Crippen LogP contribution in [0.4, 0.5) is 0 Å². The van der Waals surface area contributed by atoms with E-state index < -0.39 is 0 Å². The van der Waals surface area contributed by atoms with E-state index in [1.54, 1.807) is 0 Å². The molecular formula is C15H19NO3. The molecule has 4 heteroatoms. The lowest BCUT2D eigenvalue weighted by Gasteiger charge is -2.05. The van der Waals surface area contributed by atoms with E-state index in [4.69, 9.17) is 13.9 Å². The molecule has 0 saturated carbocycles. The lowest BCUT2D eigenvalue weighted by Crippen LogP contribution is -2.06. The van der Waals surface area contributed by atoms with Gasteiger partial charge in [-0.3, -0.25) is 0 Å². The summed E-state index contributed by atoms with van der Waals surface area (Å²) >= 11 is 0. The number of hydrogen-bond acceptors (Lipinski definition) is 4. The van der Waals surface area contributed by atoms with Crippen molar-refractivity contribution in [2.75, 3.05) is 20.3 Å². The fourth-order valence-electron chi connectivity index (χ4n) is 1.68. The molecule has 102 valence electrons. The summed E-state index contributed by atoms with van der Waals surface area (Å²) in [6, 6.07) is 13.6. The van der Waals surface area contributed by atoms with Gasteiger partial charge in [0.25, 0.3) is 0 Å².